The van der Waals surface area contributed by atoms with Crippen LogP contribution in [0, 0.1) is 13.8 Å². The number of aromatic amines is 1. The van der Waals surface area contributed by atoms with Crippen LogP contribution < -0.4 is 10.3 Å². The zero-order valence-corrected chi connectivity index (χ0v) is 20.1. The van der Waals surface area contributed by atoms with Crippen molar-refractivity contribution in [3.63, 3.8) is 0 Å². The first kappa shape index (κ1) is 22.5. The molecule has 5 rings (SSSR count). The van der Waals surface area contributed by atoms with Gasteiger partial charge < -0.3 is 4.74 Å². The SMILES string of the molecule is Cc1[nH]n(-c2nc(-c3ccccc3)c(C)s2)c(=O)c1N=Nc1ccccc1OCc1ccccc1. The first-order valence-electron chi connectivity index (χ1n) is 11.1. The van der Waals surface area contributed by atoms with Gasteiger partial charge in [0.05, 0.1) is 11.4 Å². The van der Waals surface area contributed by atoms with E-state index in [0.717, 1.165) is 21.7 Å². The maximum absolute atomic E-state index is 13.2. The predicted octanol–water partition coefficient (Wildman–Crippen LogP) is 6.90. The molecule has 1 N–H and O–H groups in total. The molecule has 0 unspecified atom stereocenters. The molecule has 5 aromatic rings. The van der Waals surface area contributed by atoms with Crippen LogP contribution in [0.2, 0.25) is 0 Å². The molecule has 2 aromatic heterocycles. The number of azo groups is 1. The van der Waals surface area contributed by atoms with Crippen molar-refractivity contribution in [3.05, 3.63) is 111 Å². The summed E-state index contributed by atoms with van der Waals surface area (Å²) in [4.78, 5) is 18.9. The van der Waals surface area contributed by atoms with Crippen LogP contribution >= 0.6 is 11.3 Å². The maximum atomic E-state index is 13.2. The zero-order chi connectivity index (χ0) is 24.2. The highest BCUT2D eigenvalue weighted by Gasteiger charge is 2.17. The summed E-state index contributed by atoms with van der Waals surface area (Å²) in [6, 6.07) is 27.2. The molecule has 2 heterocycles. The fourth-order valence-electron chi connectivity index (χ4n) is 3.63. The molecule has 0 aliphatic heterocycles. The normalized spacial score (nSPS) is 11.3. The molecule has 35 heavy (non-hydrogen) atoms. The van der Waals surface area contributed by atoms with Gasteiger partial charge in [-0.1, -0.05) is 84.1 Å². The molecule has 0 spiro atoms. The summed E-state index contributed by atoms with van der Waals surface area (Å²) in [7, 11) is 0. The van der Waals surface area contributed by atoms with Crippen LogP contribution in [-0.4, -0.2) is 14.8 Å². The largest absolute Gasteiger partial charge is 0.487 e. The van der Waals surface area contributed by atoms with Gasteiger partial charge in [-0.15, -0.1) is 10.2 Å². The minimum absolute atomic E-state index is 0.233. The third-order valence-corrected chi connectivity index (χ3v) is 6.38. The fraction of sp³-hybridized carbons (Fsp3) is 0.111. The smallest absolute Gasteiger partial charge is 0.301 e. The minimum Gasteiger partial charge on any atom is -0.487 e. The lowest BCUT2D eigenvalue weighted by atomic mass is 10.1. The third-order valence-electron chi connectivity index (χ3n) is 5.42. The van der Waals surface area contributed by atoms with Crippen LogP contribution in [-0.2, 0) is 6.61 Å². The van der Waals surface area contributed by atoms with Crippen LogP contribution in [0.15, 0.2) is 100.0 Å². The summed E-state index contributed by atoms with van der Waals surface area (Å²) in [5.74, 6) is 0.594. The van der Waals surface area contributed by atoms with Gasteiger partial charge in [0.1, 0.15) is 18.0 Å². The Morgan fingerprint density at radius 3 is 2.37 bits per heavy atom. The highest BCUT2D eigenvalue weighted by molar-refractivity contribution is 7.14. The van der Waals surface area contributed by atoms with Crippen molar-refractivity contribution in [3.8, 4) is 22.1 Å². The number of thiazole rings is 1. The standard InChI is InChI=1S/C27H23N5O2S/c1-18-24(30-29-22-15-9-10-16-23(22)34-17-20-11-5-3-6-12-20)26(33)32(31-18)27-28-25(19(2)35-27)21-13-7-4-8-14-21/h3-16,31H,17H2,1-2H3. The maximum Gasteiger partial charge on any atom is 0.301 e. The number of nitrogens with zero attached hydrogens (tertiary/aromatic N) is 4. The van der Waals surface area contributed by atoms with Gasteiger partial charge in [-0.25, -0.2) is 4.98 Å². The predicted molar refractivity (Wildman–Crippen MR) is 138 cm³/mol. The van der Waals surface area contributed by atoms with Gasteiger partial charge in [0.25, 0.3) is 0 Å². The number of hydrogen-bond acceptors (Lipinski definition) is 6. The molecule has 3 aromatic carbocycles. The van der Waals surface area contributed by atoms with E-state index in [2.05, 4.69) is 15.3 Å². The van der Waals surface area contributed by atoms with Gasteiger partial charge in [-0.05, 0) is 31.5 Å². The highest BCUT2D eigenvalue weighted by atomic mass is 32.1. The Labute approximate surface area is 206 Å². The Hall–Kier alpha value is -4.30. The Morgan fingerprint density at radius 2 is 1.60 bits per heavy atom. The quantitative estimate of drug-likeness (QED) is 0.257. The number of H-pyrrole nitrogens is 1. The summed E-state index contributed by atoms with van der Waals surface area (Å²) in [6.07, 6.45) is 0. The van der Waals surface area contributed by atoms with Crippen molar-refractivity contribution in [1.29, 1.82) is 0 Å². The molecule has 8 heteroatoms. The van der Waals surface area contributed by atoms with Gasteiger partial charge in [0, 0.05) is 10.4 Å². The van der Waals surface area contributed by atoms with Crippen molar-refractivity contribution in [2.24, 2.45) is 10.2 Å². The Balaban J connectivity index is 1.41. The highest BCUT2D eigenvalue weighted by Crippen LogP contribution is 2.31. The van der Waals surface area contributed by atoms with Gasteiger partial charge in [-0.3, -0.25) is 9.89 Å². The molecule has 0 atom stereocenters. The second kappa shape index (κ2) is 9.90. The average Bonchev–Trinajstić information content (AvgIpc) is 3.41. The number of aromatic nitrogens is 3. The Bertz CT molecular complexity index is 1540. The fourth-order valence-corrected chi connectivity index (χ4v) is 4.52. The van der Waals surface area contributed by atoms with Gasteiger partial charge in [0.15, 0.2) is 5.69 Å². The zero-order valence-electron chi connectivity index (χ0n) is 19.3. The van der Waals surface area contributed by atoms with Crippen molar-refractivity contribution in [1.82, 2.24) is 14.8 Å². The number of ether oxygens (including phenoxy) is 1. The first-order chi connectivity index (χ1) is 17.1. The van der Waals surface area contributed by atoms with E-state index in [0.29, 0.717) is 28.9 Å². The van der Waals surface area contributed by atoms with Crippen LogP contribution in [0.5, 0.6) is 5.75 Å². The molecule has 0 saturated heterocycles. The molecule has 0 aliphatic rings. The summed E-state index contributed by atoms with van der Waals surface area (Å²) < 4.78 is 7.37. The van der Waals surface area contributed by atoms with Crippen molar-refractivity contribution >= 4 is 22.7 Å². The van der Waals surface area contributed by atoms with Crippen LogP contribution in [0.4, 0.5) is 11.4 Å². The number of benzene rings is 3. The Kier molecular flexibility index (Phi) is 6.36. The second-order valence-electron chi connectivity index (χ2n) is 7.94. The lowest BCUT2D eigenvalue weighted by molar-refractivity contribution is 0.307. The summed E-state index contributed by atoms with van der Waals surface area (Å²) in [6.45, 7) is 4.20. The van der Waals surface area contributed by atoms with Gasteiger partial charge in [-0.2, -0.15) is 4.68 Å². The van der Waals surface area contributed by atoms with E-state index < -0.39 is 0 Å². The van der Waals surface area contributed by atoms with E-state index in [-0.39, 0.29) is 11.2 Å². The topological polar surface area (TPSA) is 84.6 Å². The molecule has 7 nitrogen and oxygen atoms in total. The molecule has 0 bridgehead atoms. The summed E-state index contributed by atoms with van der Waals surface area (Å²) in [5, 5.41) is 12.3. The molecule has 0 fully saturated rings. The number of para-hydroxylation sites is 1. The number of rotatable bonds is 7. The van der Waals surface area contributed by atoms with E-state index >= 15 is 0 Å². The molecule has 0 radical (unpaired) electrons. The molecule has 0 saturated carbocycles. The van der Waals surface area contributed by atoms with Crippen molar-refractivity contribution < 1.29 is 4.74 Å². The minimum atomic E-state index is -0.303. The van der Waals surface area contributed by atoms with Crippen LogP contribution in [0.25, 0.3) is 16.4 Å². The molecule has 0 aliphatic carbocycles. The lowest BCUT2D eigenvalue weighted by Crippen LogP contribution is -2.13. The summed E-state index contributed by atoms with van der Waals surface area (Å²) >= 11 is 1.45. The number of nitrogens with one attached hydrogen (secondary N) is 1. The van der Waals surface area contributed by atoms with Crippen molar-refractivity contribution in [2.75, 3.05) is 0 Å². The summed E-state index contributed by atoms with van der Waals surface area (Å²) in [5.41, 5.74) is 4.01. The molecular weight excluding hydrogens is 458 g/mol. The van der Waals surface area contributed by atoms with E-state index in [1.165, 1.54) is 16.0 Å². The van der Waals surface area contributed by atoms with E-state index in [1.807, 2.05) is 85.8 Å². The number of hydrogen-bond donors (Lipinski definition) is 1. The van der Waals surface area contributed by atoms with E-state index in [4.69, 9.17) is 9.72 Å². The van der Waals surface area contributed by atoms with Crippen LogP contribution in [0.3, 0.4) is 0 Å². The lowest BCUT2D eigenvalue weighted by Gasteiger charge is -2.08. The number of aryl methyl sites for hydroxylation is 2. The second-order valence-corrected chi connectivity index (χ2v) is 9.12. The van der Waals surface area contributed by atoms with E-state index in [1.54, 1.807) is 13.0 Å². The average molecular weight is 482 g/mol. The van der Waals surface area contributed by atoms with Crippen LogP contribution in [0.1, 0.15) is 16.1 Å². The molecular formula is C27H23N5O2S. The van der Waals surface area contributed by atoms with Gasteiger partial charge in [0.2, 0.25) is 5.13 Å². The first-order valence-corrected chi connectivity index (χ1v) is 11.9. The third kappa shape index (κ3) is 4.83. The Morgan fingerprint density at radius 1 is 0.914 bits per heavy atom. The van der Waals surface area contributed by atoms with E-state index in [9.17, 15) is 4.79 Å². The van der Waals surface area contributed by atoms with Crippen molar-refractivity contribution in [2.45, 2.75) is 20.5 Å². The monoisotopic (exact) mass is 481 g/mol. The molecule has 0 amide bonds. The van der Waals surface area contributed by atoms with Gasteiger partial charge >= 0.3 is 5.56 Å². The molecule has 174 valence electrons.